The molecule has 3 unspecified atom stereocenters. The van der Waals surface area contributed by atoms with Gasteiger partial charge in [-0.1, -0.05) is 28.9 Å². The summed E-state index contributed by atoms with van der Waals surface area (Å²) < 4.78 is 47.4. The molecule has 1 aliphatic rings. The van der Waals surface area contributed by atoms with Crippen molar-refractivity contribution in [1.29, 1.82) is 0 Å². The van der Waals surface area contributed by atoms with Crippen molar-refractivity contribution < 1.29 is 33.2 Å². The fourth-order valence-corrected chi connectivity index (χ4v) is 5.01. The predicted octanol–water partition coefficient (Wildman–Crippen LogP) is 2.97. The largest absolute Gasteiger partial charge is 0.394 e. The topological polar surface area (TPSA) is 101 Å². The van der Waals surface area contributed by atoms with Crippen LogP contribution in [0.4, 0.5) is 13.2 Å². The zero-order chi connectivity index (χ0) is 24.4. The molecule has 3 aromatic rings. The summed E-state index contributed by atoms with van der Waals surface area (Å²) >= 11 is 7.20. The molecular formula is C22H21ClF3N3O4S. The average Bonchev–Trinajstić information content (AvgIpc) is 3.30. The Balaban J connectivity index is 1.51. The number of benzene rings is 2. The van der Waals surface area contributed by atoms with Gasteiger partial charge in [0.2, 0.25) is 0 Å². The Morgan fingerprint density at radius 2 is 1.74 bits per heavy atom. The number of halogens is 4. The zero-order valence-corrected chi connectivity index (χ0v) is 19.1. The van der Waals surface area contributed by atoms with Gasteiger partial charge in [0.1, 0.15) is 35.5 Å². The van der Waals surface area contributed by atoms with Gasteiger partial charge in [0.25, 0.3) is 0 Å². The molecule has 182 valence electrons. The Morgan fingerprint density at radius 3 is 2.38 bits per heavy atom. The van der Waals surface area contributed by atoms with E-state index in [1.165, 1.54) is 18.0 Å². The molecule has 1 saturated heterocycles. The standard InChI is InChI=1S/C22H21ClF3N3O4S/c23-13-3-1-11(2-4-13)5-6-34-22-21(32)19(20(31)17(10-30)33-22)29-9-16(27-28-29)12-7-14(24)18(26)15(25)8-12/h1-4,7-9,17,19-22,30-32H,5-6,10H2/t17?,19?,20-,21?,22+/m0/s1. The van der Waals surface area contributed by atoms with Crippen LogP contribution in [0, 0.1) is 17.5 Å². The number of aromatic nitrogens is 3. The second-order valence-corrected chi connectivity index (χ2v) is 9.42. The van der Waals surface area contributed by atoms with Crippen LogP contribution in [0.2, 0.25) is 5.02 Å². The highest BCUT2D eigenvalue weighted by atomic mass is 35.5. The highest BCUT2D eigenvalue weighted by Crippen LogP contribution is 2.35. The maximum Gasteiger partial charge on any atom is 0.194 e. The third-order valence-electron chi connectivity index (χ3n) is 5.53. The minimum atomic E-state index is -1.60. The van der Waals surface area contributed by atoms with Crippen LogP contribution in [-0.2, 0) is 11.2 Å². The quantitative estimate of drug-likeness (QED) is 0.416. The summed E-state index contributed by atoms with van der Waals surface area (Å²) in [6, 6.07) is 7.83. The van der Waals surface area contributed by atoms with E-state index in [1.807, 2.05) is 12.1 Å². The van der Waals surface area contributed by atoms with Crippen LogP contribution in [0.1, 0.15) is 11.6 Å². The van der Waals surface area contributed by atoms with Crippen LogP contribution < -0.4 is 0 Å². The summed E-state index contributed by atoms with van der Waals surface area (Å²) in [5.74, 6) is -3.79. The van der Waals surface area contributed by atoms with Crippen molar-refractivity contribution in [3.8, 4) is 11.3 Å². The molecule has 7 nitrogen and oxygen atoms in total. The summed E-state index contributed by atoms with van der Waals surface area (Å²) in [6.07, 6.45) is -1.65. The molecule has 1 aliphatic heterocycles. The Kier molecular flexibility index (Phi) is 7.80. The lowest BCUT2D eigenvalue weighted by molar-refractivity contribution is -0.178. The van der Waals surface area contributed by atoms with Gasteiger partial charge in [0, 0.05) is 10.6 Å². The van der Waals surface area contributed by atoms with Crippen LogP contribution in [0.5, 0.6) is 0 Å². The number of aryl methyl sites for hydroxylation is 1. The van der Waals surface area contributed by atoms with Gasteiger partial charge < -0.3 is 20.1 Å². The van der Waals surface area contributed by atoms with E-state index in [-0.39, 0.29) is 11.3 Å². The average molecular weight is 516 g/mol. The SMILES string of the molecule is OCC1O[C@H](SCCc2ccc(Cl)cc2)C(O)C(n2cc(-c3cc(F)c(F)c(F)c3)nn2)[C@H]1O. The van der Waals surface area contributed by atoms with Gasteiger partial charge in [-0.15, -0.1) is 16.9 Å². The Bertz CT molecular complexity index is 1110. The van der Waals surface area contributed by atoms with Gasteiger partial charge in [-0.3, -0.25) is 0 Å². The van der Waals surface area contributed by atoms with Crippen molar-refractivity contribution in [2.24, 2.45) is 0 Å². The Hall–Kier alpha value is -2.15. The molecule has 1 aromatic heterocycles. The normalized spacial score (nSPS) is 25.0. The molecule has 34 heavy (non-hydrogen) atoms. The van der Waals surface area contributed by atoms with E-state index >= 15 is 0 Å². The van der Waals surface area contributed by atoms with Crippen LogP contribution in [0.25, 0.3) is 11.3 Å². The van der Waals surface area contributed by atoms with E-state index in [0.29, 0.717) is 17.2 Å². The van der Waals surface area contributed by atoms with Crippen LogP contribution in [0.3, 0.4) is 0 Å². The minimum Gasteiger partial charge on any atom is -0.394 e. The molecule has 0 spiro atoms. The van der Waals surface area contributed by atoms with Crippen molar-refractivity contribution in [1.82, 2.24) is 15.0 Å². The highest BCUT2D eigenvalue weighted by molar-refractivity contribution is 7.99. The van der Waals surface area contributed by atoms with E-state index < -0.39 is 53.8 Å². The molecule has 0 aliphatic carbocycles. The number of aliphatic hydroxyl groups is 3. The molecule has 3 N–H and O–H groups in total. The summed E-state index contributed by atoms with van der Waals surface area (Å²) in [4.78, 5) is 0. The number of aliphatic hydroxyl groups excluding tert-OH is 3. The van der Waals surface area contributed by atoms with Crippen molar-refractivity contribution in [3.63, 3.8) is 0 Å². The fourth-order valence-electron chi connectivity index (χ4n) is 3.72. The first-order valence-corrected chi connectivity index (χ1v) is 11.8. The van der Waals surface area contributed by atoms with Gasteiger partial charge in [0.15, 0.2) is 17.5 Å². The van der Waals surface area contributed by atoms with E-state index in [0.717, 1.165) is 22.4 Å². The first-order valence-electron chi connectivity index (χ1n) is 10.3. The second-order valence-electron chi connectivity index (χ2n) is 7.78. The number of rotatable bonds is 7. The van der Waals surface area contributed by atoms with Crippen LogP contribution >= 0.6 is 23.4 Å². The molecule has 0 saturated carbocycles. The zero-order valence-electron chi connectivity index (χ0n) is 17.6. The molecule has 0 bridgehead atoms. The van der Waals surface area contributed by atoms with Gasteiger partial charge in [0.05, 0.1) is 12.8 Å². The fraction of sp³-hybridized carbons (Fsp3) is 0.364. The van der Waals surface area contributed by atoms with Gasteiger partial charge in [-0.25, -0.2) is 17.9 Å². The molecule has 2 heterocycles. The summed E-state index contributed by atoms with van der Waals surface area (Å²) in [7, 11) is 0. The molecule has 4 rings (SSSR count). The van der Waals surface area contributed by atoms with Crippen LogP contribution in [-0.4, -0.2) is 66.4 Å². The number of ether oxygens (including phenoxy) is 1. The van der Waals surface area contributed by atoms with E-state index in [4.69, 9.17) is 16.3 Å². The Morgan fingerprint density at radius 1 is 1.06 bits per heavy atom. The van der Waals surface area contributed by atoms with Crippen molar-refractivity contribution in [3.05, 3.63) is 70.6 Å². The predicted molar refractivity (Wildman–Crippen MR) is 120 cm³/mol. The molecule has 2 aromatic carbocycles. The van der Waals surface area contributed by atoms with Gasteiger partial charge in [-0.2, -0.15) is 0 Å². The first kappa shape index (κ1) is 25.0. The Labute approximate surface area is 202 Å². The van der Waals surface area contributed by atoms with E-state index in [1.54, 1.807) is 12.1 Å². The second kappa shape index (κ2) is 10.6. The number of nitrogens with zero attached hydrogens (tertiary/aromatic N) is 3. The number of thioether (sulfide) groups is 1. The molecule has 5 atom stereocenters. The van der Waals surface area contributed by atoms with Crippen molar-refractivity contribution >= 4 is 23.4 Å². The van der Waals surface area contributed by atoms with Crippen LogP contribution in [0.15, 0.2) is 42.6 Å². The molecule has 12 heteroatoms. The minimum absolute atomic E-state index is 0.0104. The maximum atomic E-state index is 13.6. The monoisotopic (exact) mass is 515 g/mol. The molecule has 0 amide bonds. The lowest BCUT2D eigenvalue weighted by atomic mass is 9.97. The van der Waals surface area contributed by atoms with E-state index in [9.17, 15) is 28.5 Å². The first-order chi connectivity index (χ1) is 16.3. The van der Waals surface area contributed by atoms with Gasteiger partial charge >= 0.3 is 0 Å². The van der Waals surface area contributed by atoms with Gasteiger partial charge in [-0.05, 0) is 42.0 Å². The summed E-state index contributed by atoms with van der Waals surface area (Å²) in [5, 5.41) is 39.7. The molecule has 1 fully saturated rings. The molecular weight excluding hydrogens is 495 g/mol. The van der Waals surface area contributed by atoms with Crippen molar-refractivity contribution in [2.75, 3.05) is 12.4 Å². The summed E-state index contributed by atoms with van der Waals surface area (Å²) in [6.45, 7) is -0.505. The maximum absolute atomic E-state index is 13.6. The third-order valence-corrected chi connectivity index (χ3v) is 6.94. The smallest absolute Gasteiger partial charge is 0.194 e. The third kappa shape index (κ3) is 5.24. The number of hydrogen-bond donors (Lipinski definition) is 3. The summed E-state index contributed by atoms with van der Waals surface area (Å²) in [5.41, 5.74) is 0.186. The van der Waals surface area contributed by atoms with Crippen molar-refractivity contribution in [2.45, 2.75) is 36.2 Å². The highest BCUT2D eigenvalue weighted by Gasteiger charge is 2.46. The number of hydrogen-bond acceptors (Lipinski definition) is 7. The lowest BCUT2D eigenvalue weighted by Crippen LogP contribution is -2.55. The van der Waals surface area contributed by atoms with E-state index in [2.05, 4.69) is 10.3 Å². The molecule has 0 radical (unpaired) electrons. The lowest BCUT2D eigenvalue weighted by Gasteiger charge is -2.41.